The fraction of sp³-hybridized carbons (Fsp3) is 0.500. The van der Waals surface area contributed by atoms with Crippen LogP contribution in [0.15, 0.2) is 22.7 Å². The lowest BCUT2D eigenvalue weighted by molar-refractivity contribution is -0.116. The standard InChI is InChI=1S/C20H27FN4O4/c1-5-7-16-24-18(29-25-16)9-6-8-17(26)22-15-12-13(21)10-11-14(15)23-19(27)28-20(2,3)4/h10-12H,5-9H2,1-4H3,(H,22,26)(H,23,27). The highest BCUT2D eigenvalue weighted by Gasteiger charge is 2.18. The molecule has 9 heteroatoms. The van der Waals surface area contributed by atoms with E-state index < -0.39 is 17.5 Å². The van der Waals surface area contributed by atoms with Gasteiger partial charge in [-0.1, -0.05) is 12.1 Å². The molecule has 0 aliphatic carbocycles. The number of benzene rings is 1. The van der Waals surface area contributed by atoms with Crippen molar-refractivity contribution >= 4 is 23.4 Å². The van der Waals surface area contributed by atoms with Crippen LogP contribution in [-0.2, 0) is 22.4 Å². The summed E-state index contributed by atoms with van der Waals surface area (Å²) in [6, 6.07) is 3.69. The van der Waals surface area contributed by atoms with E-state index in [9.17, 15) is 14.0 Å². The lowest BCUT2D eigenvalue weighted by Crippen LogP contribution is -2.27. The molecule has 0 fully saturated rings. The van der Waals surface area contributed by atoms with Crippen molar-refractivity contribution in [2.24, 2.45) is 0 Å². The lowest BCUT2D eigenvalue weighted by Gasteiger charge is -2.20. The zero-order valence-corrected chi connectivity index (χ0v) is 17.2. The number of nitrogens with zero attached hydrogens (tertiary/aromatic N) is 2. The molecule has 0 unspecified atom stereocenters. The molecular formula is C20H27FN4O4. The molecule has 0 radical (unpaired) electrons. The molecule has 0 aliphatic rings. The van der Waals surface area contributed by atoms with Gasteiger partial charge in [-0.3, -0.25) is 10.1 Å². The number of ether oxygens (including phenoxy) is 1. The van der Waals surface area contributed by atoms with Crippen molar-refractivity contribution in [3.05, 3.63) is 35.7 Å². The molecule has 1 aromatic carbocycles. The number of nitrogens with one attached hydrogen (secondary N) is 2. The molecule has 0 saturated carbocycles. The molecule has 158 valence electrons. The van der Waals surface area contributed by atoms with Crippen molar-refractivity contribution < 1.29 is 23.2 Å². The minimum atomic E-state index is -0.695. The van der Waals surface area contributed by atoms with Crippen LogP contribution in [0.4, 0.5) is 20.6 Å². The molecule has 2 rings (SSSR count). The summed E-state index contributed by atoms with van der Waals surface area (Å²) in [6.45, 7) is 7.22. The maximum Gasteiger partial charge on any atom is 0.412 e. The zero-order chi connectivity index (χ0) is 21.4. The van der Waals surface area contributed by atoms with E-state index in [2.05, 4.69) is 20.8 Å². The van der Waals surface area contributed by atoms with Crippen LogP contribution in [0.25, 0.3) is 0 Å². The molecule has 0 bridgehead atoms. The third-order valence-corrected chi connectivity index (χ3v) is 3.67. The molecule has 2 N–H and O–H groups in total. The SMILES string of the molecule is CCCc1noc(CCCC(=O)Nc2cc(F)ccc2NC(=O)OC(C)(C)C)n1. The van der Waals surface area contributed by atoms with Crippen LogP contribution in [0, 0.1) is 5.82 Å². The Morgan fingerprint density at radius 3 is 2.62 bits per heavy atom. The summed E-state index contributed by atoms with van der Waals surface area (Å²) >= 11 is 0. The van der Waals surface area contributed by atoms with Gasteiger partial charge in [0.15, 0.2) is 5.82 Å². The van der Waals surface area contributed by atoms with E-state index in [4.69, 9.17) is 9.26 Å². The van der Waals surface area contributed by atoms with Gasteiger partial charge in [0.25, 0.3) is 0 Å². The van der Waals surface area contributed by atoms with Crippen molar-refractivity contribution in [2.45, 2.75) is 65.4 Å². The normalized spacial score (nSPS) is 11.2. The summed E-state index contributed by atoms with van der Waals surface area (Å²) in [4.78, 5) is 28.5. The maximum absolute atomic E-state index is 13.6. The monoisotopic (exact) mass is 406 g/mol. The second kappa shape index (κ2) is 9.99. The number of carbonyl (C=O) groups excluding carboxylic acids is 2. The fourth-order valence-electron chi connectivity index (χ4n) is 2.47. The third-order valence-electron chi connectivity index (χ3n) is 3.67. The molecule has 0 atom stereocenters. The highest BCUT2D eigenvalue weighted by Crippen LogP contribution is 2.24. The fourth-order valence-corrected chi connectivity index (χ4v) is 2.47. The first-order valence-corrected chi connectivity index (χ1v) is 9.57. The number of rotatable bonds is 8. The van der Waals surface area contributed by atoms with Crippen LogP contribution in [0.5, 0.6) is 0 Å². The topological polar surface area (TPSA) is 106 Å². The van der Waals surface area contributed by atoms with Crippen molar-refractivity contribution in [1.82, 2.24) is 10.1 Å². The van der Waals surface area contributed by atoms with Gasteiger partial charge >= 0.3 is 6.09 Å². The molecule has 0 saturated heterocycles. The highest BCUT2D eigenvalue weighted by atomic mass is 19.1. The Labute approximate surface area is 169 Å². The Balaban J connectivity index is 1.91. The number of aryl methyl sites for hydroxylation is 2. The quantitative estimate of drug-likeness (QED) is 0.670. The van der Waals surface area contributed by atoms with E-state index in [0.29, 0.717) is 24.6 Å². The van der Waals surface area contributed by atoms with Gasteiger partial charge in [0, 0.05) is 19.3 Å². The third kappa shape index (κ3) is 7.89. The second-order valence-electron chi connectivity index (χ2n) is 7.57. The molecule has 1 heterocycles. The number of hydrogen-bond acceptors (Lipinski definition) is 6. The Morgan fingerprint density at radius 2 is 1.93 bits per heavy atom. The van der Waals surface area contributed by atoms with E-state index in [-0.39, 0.29) is 23.7 Å². The van der Waals surface area contributed by atoms with Crippen LogP contribution < -0.4 is 10.6 Å². The van der Waals surface area contributed by atoms with Crippen LogP contribution in [0.1, 0.15) is 58.7 Å². The minimum Gasteiger partial charge on any atom is -0.444 e. The molecule has 0 spiro atoms. The molecule has 2 amide bonds. The summed E-state index contributed by atoms with van der Waals surface area (Å²) < 4.78 is 23.9. The summed E-state index contributed by atoms with van der Waals surface area (Å²) in [5, 5.41) is 9.00. The summed E-state index contributed by atoms with van der Waals surface area (Å²) in [7, 11) is 0. The van der Waals surface area contributed by atoms with Gasteiger partial charge in [-0.25, -0.2) is 9.18 Å². The first-order chi connectivity index (χ1) is 13.7. The molecule has 2 aromatic rings. The number of hydrogen-bond donors (Lipinski definition) is 2. The van der Waals surface area contributed by atoms with E-state index >= 15 is 0 Å². The molecule has 0 aliphatic heterocycles. The Morgan fingerprint density at radius 1 is 1.17 bits per heavy atom. The Bertz CT molecular complexity index is 845. The number of halogens is 1. The predicted molar refractivity (Wildman–Crippen MR) is 106 cm³/mol. The highest BCUT2D eigenvalue weighted by molar-refractivity contribution is 5.97. The minimum absolute atomic E-state index is 0.156. The van der Waals surface area contributed by atoms with Crippen LogP contribution in [-0.4, -0.2) is 27.7 Å². The van der Waals surface area contributed by atoms with Crippen molar-refractivity contribution in [1.29, 1.82) is 0 Å². The first-order valence-electron chi connectivity index (χ1n) is 9.57. The average molecular weight is 406 g/mol. The van der Waals surface area contributed by atoms with Gasteiger partial charge in [0.2, 0.25) is 11.8 Å². The van der Waals surface area contributed by atoms with Gasteiger partial charge in [0.1, 0.15) is 11.4 Å². The molecule has 1 aromatic heterocycles. The van der Waals surface area contributed by atoms with Gasteiger partial charge in [-0.05, 0) is 51.8 Å². The predicted octanol–water partition coefficient (Wildman–Crippen LogP) is 4.47. The van der Waals surface area contributed by atoms with E-state index in [1.54, 1.807) is 20.8 Å². The van der Waals surface area contributed by atoms with Gasteiger partial charge in [-0.15, -0.1) is 0 Å². The summed E-state index contributed by atoms with van der Waals surface area (Å²) in [5.41, 5.74) is -0.279. The van der Waals surface area contributed by atoms with Crippen molar-refractivity contribution in [3.8, 4) is 0 Å². The lowest BCUT2D eigenvalue weighted by atomic mass is 10.2. The van der Waals surface area contributed by atoms with Gasteiger partial charge in [-0.2, -0.15) is 4.98 Å². The first kappa shape index (κ1) is 22.3. The molecular weight excluding hydrogens is 379 g/mol. The largest absolute Gasteiger partial charge is 0.444 e. The summed E-state index contributed by atoms with van der Waals surface area (Å²) in [6.07, 6.45) is 2.11. The number of anilines is 2. The maximum atomic E-state index is 13.6. The smallest absolute Gasteiger partial charge is 0.412 e. The van der Waals surface area contributed by atoms with Crippen LogP contribution >= 0.6 is 0 Å². The Kier molecular flexibility index (Phi) is 7.69. The van der Waals surface area contributed by atoms with Gasteiger partial charge < -0.3 is 14.6 Å². The average Bonchev–Trinajstić information content (AvgIpc) is 3.03. The number of carbonyl (C=O) groups is 2. The van der Waals surface area contributed by atoms with E-state index in [1.807, 2.05) is 6.92 Å². The zero-order valence-electron chi connectivity index (χ0n) is 17.2. The van der Waals surface area contributed by atoms with Gasteiger partial charge in [0.05, 0.1) is 11.4 Å². The van der Waals surface area contributed by atoms with Crippen LogP contribution in [0.3, 0.4) is 0 Å². The van der Waals surface area contributed by atoms with Crippen molar-refractivity contribution in [3.63, 3.8) is 0 Å². The summed E-state index contributed by atoms with van der Waals surface area (Å²) in [5.74, 6) is 0.282. The van der Waals surface area contributed by atoms with E-state index in [0.717, 1.165) is 18.9 Å². The van der Waals surface area contributed by atoms with Crippen molar-refractivity contribution in [2.75, 3.05) is 10.6 Å². The number of aromatic nitrogens is 2. The molecule has 29 heavy (non-hydrogen) atoms. The van der Waals surface area contributed by atoms with Crippen LogP contribution in [0.2, 0.25) is 0 Å². The second-order valence-corrected chi connectivity index (χ2v) is 7.57. The molecule has 8 nitrogen and oxygen atoms in total. The Hall–Kier alpha value is -2.97. The van der Waals surface area contributed by atoms with E-state index in [1.165, 1.54) is 12.1 Å². The number of amides is 2.